The van der Waals surface area contributed by atoms with Gasteiger partial charge in [-0.3, -0.25) is 9.59 Å². The molecule has 2 heterocycles. The van der Waals surface area contributed by atoms with E-state index in [4.69, 9.17) is 0 Å². The van der Waals surface area contributed by atoms with Crippen LogP contribution in [0.2, 0.25) is 0 Å². The van der Waals surface area contributed by atoms with Gasteiger partial charge in [-0.2, -0.15) is 0 Å². The first-order valence-corrected chi connectivity index (χ1v) is 8.77. The summed E-state index contributed by atoms with van der Waals surface area (Å²) >= 11 is 0. The number of hydrogen-bond acceptors (Lipinski definition) is 6. The van der Waals surface area contributed by atoms with Crippen LogP contribution < -0.4 is 16.0 Å². The molecule has 0 unspecified atom stereocenters. The second kappa shape index (κ2) is 9.22. The summed E-state index contributed by atoms with van der Waals surface area (Å²) in [6.45, 7) is 2.31. The van der Waals surface area contributed by atoms with E-state index in [1.54, 1.807) is 36.5 Å². The molecular weight excluding hydrogens is 356 g/mol. The van der Waals surface area contributed by atoms with Crippen molar-refractivity contribution in [2.24, 2.45) is 0 Å². The minimum atomic E-state index is -0.338. The Morgan fingerprint density at radius 1 is 0.893 bits per heavy atom. The van der Waals surface area contributed by atoms with E-state index in [1.165, 1.54) is 0 Å². The summed E-state index contributed by atoms with van der Waals surface area (Å²) in [5.74, 6) is 0.507. The highest BCUT2D eigenvalue weighted by Gasteiger charge is 2.09. The summed E-state index contributed by atoms with van der Waals surface area (Å²) in [5.41, 5.74) is 1.92. The number of benzene rings is 1. The fourth-order valence-electron chi connectivity index (χ4n) is 2.32. The van der Waals surface area contributed by atoms with Gasteiger partial charge in [-0.05, 0) is 42.8 Å². The summed E-state index contributed by atoms with van der Waals surface area (Å²) in [5, 5.41) is 16.3. The maximum Gasteiger partial charge on any atom is 0.276 e. The van der Waals surface area contributed by atoms with Crippen LogP contribution in [0.3, 0.4) is 0 Å². The smallest absolute Gasteiger partial charge is 0.276 e. The van der Waals surface area contributed by atoms with Gasteiger partial charge >= 0.3 is 0 Å². The Bertz CT molecular complexity index is 927. The molecule has 8 nitrogen and oxygen atoms in total. The largest absolute Gasteiger partial charge is 0.368 e. The van der Waals surface area contributed by atoms with Crippen molar-refractivity contribution in [1.82, 2.24) is 15.2 Å². The van der Waals surface area contributed by atoms with Crippen LogP contribution in [-0.2, 0) is 4.79 Å². The minimum Gasteiger partial charge on any atom is -0.368 e. The second-order valence-corrected chi connectivity index (χ2v) is 6.07. The van der Waals surface area contributed by atoms with Gasteiger partial charge in [0.1, 0.15) is 11.6 Å². The molecule has 28 heavy (non-hydrogen) atoms. The second-order valence-electron chi connectivity index (χ2n) is 6.07. The molecule has 8 heteroatoms. The summed E-state index contributed by atoms with van der Waals surface area (Å²) in [7, 11) is 0. The zero-order valence-corrected chi connectivity index (χ0v) is 15.3. The van der Waals surface area contributed by atoms with Gasteiger partial charge in [0, 0.05) is 24.8 Å². The molecule has 0 saturated carbocycles. The molecule has 0 aliphatic heterocycles. The Balaban J connectivity index is 1.44. The van der Waals surface area contributed by atoms with Crippen molar-refractivity contribution >= 4 is 29.1 Å². The van der Waals surface area contributed by atoms with Gasteiger partial charge in [0.05, 0.1) is 0 Å². The SMILES string of the molecule is Cc1ccc(NC(=O)CCNc2ccc(C(=O)Nc3ccccc3)nn2)nc1. The molecule has 0 bridgehead atoms. The molecule has 0 spiro atoms. The number of rotatable bonds is 7. The first kappa shape index (κ1) is 19.0. The summed E-state index contributed by atoms with van der Waals surface area (Å²) in [4.78, 5) is 28.2. The monoisotopic (exact) mass is 376 g/mol. The fraction of sp³-hybridized carbons (Fsp3) is 0.150. The van der Waals surface area contributed by atoms with Gasteiger partial charge in [-0.1, -0.05) is 24.3 Å². The molecule has 1 aromatic carbocycles. The van der Waals surface area contributed by atoms with E-state index in [-0.39, 0.29) is 23.9 Å². The molecule has 142 valence electrons. The van der Waals surface area contributed by atoms with Crippen LogP contribution in [0.25, 0.3) is 0 Å². The van der Waals surface area contributed by atoms with E-state index >= 15 is 0 Å². The molecule has 0 saturated heterocycles. The average Bonchev–Trinajstić information content (AvgIpc) is 2.71. The molecule has 3 rings (SSSR count). The van der Waals surface area contributed by atoms with E-state index in [9.17, 15) is 9.59 Å². The Labute approximate surface area is 162 Å². The number of pyridine rings is 1. The molecule has 0 aliphatic carbocycles. The first-order valence-electron chi connectivity index (χ1n) is 8.77. The van der Waals surface area contributed by atoms with Gasteiger partial charge in [-0.15, -0.1) is 10.2 Å². The molecular formula is C20H20N6O2. The van der Waals surface area contributed by atoms with E-state index in [2.05, 4.69) is 31.1 Å². The number of carbonyl (C=O) groups is 2. The van der Waals surface area contributed by atoms with Crippen LogP contribution in [0.4, 0.5) is 17.3 Å². The Hall–Kier alpha value is -3.81. The Kier molecular flexibility index (Phi) is 6.25. The molecule has 0 atom stereocenters. The topological polar surface area (TPSA) is 109 Å². The number of anilines is 3. The van der Waals surface area contributed by atoms with Crippen molar-refractivity contribution in [1.29, 1.82) is 0 Å². The predicted molar refractivity (Wildman–Crippen MR) is 107 cm³/mol. The lowest BCUT2D eigenvalue weighted by molar-refractivity contribution is -0.116. The van der Waals surface area contributed by atoms with Crippen LogP contribution in [0.1, 0.15) is 22.5 Å². The highest BCUT2D eigenvalue weighted by Crippen LogP contribution is 2.09. The van der Waals surface area contributed by atoms with E-state index in [1.807, 2.05) is 31.2 Å². The normalized spacial score (nSPS) is 10.2. The zero-order chi connectivity index (χ0) is 19.8. The van der Waals surface area contributed by atoms with Gasteiger partial charge in [0.25, 0.3) is 5.91 Å². The minimum absolute atomic E-state index is 0.157. The van der Waals surface area contributed by atoms with Gasteiger partial charge in [0.15, 0.2) is 5.69 Å². The van der Waals surface area contributed by atoms with Gasteiger partial charge in [0.2, 0.25) is 5.91 Å². The van der Waals surface area contributed by atoms with Crippen LogP contribution in [0.15, 0.2) is 60.8 Å². The molecule has 3 aromatic rings. The Morgan fingerprint density at radius 3 is 2.36 bits per heavy atom. The third-order valence-electron chi connectivity index (χ3n) is 3.77. The third kappa shape index (κ3) is 5.60. The molecule has 3 N–H and O–H groups in total. The average molecular weight is 376 g/mol. The number of carbonyl (C=O) groups excluding carboxylic acids is 2. The number of nitrogens with zero attached hydrogens (tertiary/aromatic N) is 3. The van der Waals surface area contributed by atoms with Gasteiger partial charge < -0.3 is 16.0 Å². The predicted octanol–water partition coefficient (Wildman–Crippen LogP) is 2.87. The summed E-state index contributed by atoms with van der Waals surface area (Å²) in [6.07, 6.45) is 1.94. The maximum atomic E-state index is 12.1. The van der Waals surface area contributed by atoms with Crippen LogP contribution >= 0.6 is 0 Å². The van der Waals surface area contributed by atoms with E-state index in [0.29, 0.717) is 23.9 Å². The van der Waals surface area contributed by atoms with E-state index in [0.717, 1.165) is 5.56 Å². The highest BCUT2D eigenvalue weighted by molar-refractivity contribution is 6.02. The van der Waals surface area contributed by atoms with Crippen LogP contribution in [0.5, 0.6) is 0 Å². The quantitative estimate of drug-likeness (QED) is 0.585. The standard InChI is InChI=1S/C20H20N6O2/c1-14-7-9-17(22-13-14)24-19(27)11-12-21-18-10-8-16(25-26-18)20(28)23-15-5-3-2-4-6-15/h2-10,13H,11-12H2,1H3,(H,21,26)(H,23,28)(H,22,24,27). The molecule has 2 aromatic heterocycles. The van der Waals surface area contributed by atoms with Crippen molar-refractivity contribution in [3.8, 4) is 0 Å². The lowest BCUT2D eigenvalue weighted by Crippen LogP contribution is -2.18. The van der Waals surface area contributed by atoms with E-state index < -0.39 is 0 Å². The maximum absolute atomic E-state index is 12.1. The third-order valence-corrected chi connectivity index (χ3v) is 3.77. The molecule has 2 amide bonds. The lowest BCUT2D eigenvalue weighted by atomic mass is 10.3. The highest BCUT2D eigenvalue weighted by atomic mass is 16.2. The number of aromatic nitrogens is 3. The number of aryl methyl sites for hydroxylation is 1. The van der Waals surface area contributed by atoms with Gasteiger partial charge in [-0.25, -0.2) is 4.98 Å². The fourth-order valence-corrected chi connectivity index (χ4v) is 2.32. The summed E-state index contributed by atoms with van der Waals surface area (Å²) in [6, 6.07) is 16.0. The number of nitrogens with one attached hydrogen (secondary N) is 3. The molecule has 0 radical (unpaired) electrons. The number of hydrogen-bond donors (Lipinski definition) is 3. The Morgan fingerprint density at radius 2 is 1.68 bits per heavy atom. The van der Waals surface area contributed by atoms with Crippen LogP contribution in [0, 0.1) is 6.92 Å². The summed E-state index contributed by atoms with van der Waals surface area (Å²) < 4.78 is 0. The number of para-hydroxylation sites is 1. The van der Waals surface area contributed by atoms with Crippen molar-refractivity contribution < 1.29 is 9.59 Å². The molecule has 0 aliphatic rings. The lowest BCUT2D eigenvalue weighted by Gasteiger charge is -2.07. The van der Waals surface area contributed by atoms with Crippen LogP contribution in [-0.4, -0.2) is 33.5 Å². The van der Waals surface area contributed by atoms with Crippen molar-refractivity contribution in [3.63, 3.8) is 0 Å². The van der Waals surface area contributed by atoms with Crippen molar-refractivity contribution in [2.45, 2.75) is 13.3 Å². The number of amides is 2. The first-order chi connectivity index (χ1) is 13.6. The van der Waals surface area contributed by atoms with Crippen molar-refractivity contribution in [3.05, 3.63) is 72.1 Å². The zero-order valence-electron chi connectivity index (χ0n) is 15.3. The molecule has 0 fully saturated rings. The van der Waals surface area contributed by atoms with Crippen molar-refractivity contribution in [2.75, 3.05) is 22.5 Å².